The summed E-state index contributed by atoms with van der Waals surface area (Å²) in [5.41, 5.74) is 21.8. The summed E-state index contributed by atoms with van der Waals surface area (Å²) in [6.45, 7) is 24.6. The van der Waals surface area contributed by atoms with E-state index in [1.807, 2.05) is 109 Å². The smallest absolute Gasteiger partial charge is 0.488 e. The third kappa shape index (κ3) is 22.6. The van der Waals surface area contributed by atoms with Crippen LogP contribution in [0.2, 0.25) is 0 Å². The maximum Gasteiger partial charge on any atom is 0.488 e. The Bertz CT molecular complexity index is 5250. The van der Waals surface area contributed by atoms with Crippen molar-refractivity contribution in [3.63, 3.8) is 0 Å². The Morgan fingerprint density at radius 1 is 0.354 bits per heavy atom. The van der Waals surface area contributed by atoms with Gasteiger partial charge in [0.05, 0.1) is 59.9 Å². The summed E-state index contributed by atoms with van der Waals surface area (Å²) in [7, 11) is -1.41. The Morgan fingerprint density at radius 2 is 0.575 bits per heavy atom. The van der Waals surface area contributed by atoms with E-state index in [-0.39, 0.29) is 36.8 Å². The molecular weight excluding hydrogens is 1670 g/mol. The average Bonchev–Trinajstić information content (AvgIpc) is 1.58. The highest BCUT2D eigenvalue weighted by atomic mass is 127. The van der Waals surface area contributed by atoms with Crippen LogP contribution in [0.5, 0.6) is 28.7 Å². The number of nitrogens with two attached hydrogens (primary N) is 1. The zero-order chi connectivity index (χ0) is 79.7. The molecule has 4 N–H and O–H groups in total. The average molecular weight is 1770 g/mol. The molecule has 11 aromatic carbocycles. The van der Waals surface area contributed by atoms with E-state index in [0.29, 0.717) is 85.1 Å². The molecule has 0 saturated carbocycles. The molecule has 0 radical (unpaired) electrons. The molecule has 0 bridgehead atoms. The normalized spacial score (nSPS) is 11.1. The molecule has 14 rings (SSSR count). The third-order valence-electron chi connectivity index (χ3n) is 17.0. The molecule has 3 heterocycles. The number of fused-ring (bicyclic) bond motifs is 3. The van der Waals surface area contributed by atoms with Gasteiger partial charge in [0.1, 0.15) is 61.8 Å². The second-order valence-electron chi connectivity index (χ2n) is 28.6. The van der Waals surface area contributed by atoms with Crippen molar-refractivity contribution in [2.24, 2.45) is 29.6 Å². The zero-order valence-corrected chi connectivity index (χ0v) is 69.7. The van der Waals surface area contributed by atoms with Crippen LogP contribution in [0.25, 0.3) is 94.7 Å². The van der Waals surface area contributed by atoms with E-state index >= 15 is 0 Å². The van der Waals surface area contributed by atoms with Crippen molar-refractivity contribution in [1.82, 2.24) is 45.0 Å². The third-order valence-corrected chi connectivity index (χ3v) is 18.3. The first-order chi connectivity index (χ1) is 53.8. The van der Waals surface area contributed by atoms with Crippen molar-refractivity contribution >= 4 is 119 Å². The van der Waals surface area contributed by atoms with E-state index in [2.05, 4.69) is 160 Å². The number of benzene rings is 11. The first kappa shape index (κ1) is 84.3. The molecule has 0 saturated heterocycles. The second kappa shape index (κ2) is 39.4. The number of nitro benzene ring substituents is 2. The number of anilines is 1. The van der Waals surface area contributed by atoms with Crippen molar-refractivity contribution in [1.29, 1.82) is 0 Å². The van der Waals surface area contributed by atoms with Crippen LogP contribution in [-0.4, -0.2) is 105 Å². The van der Waals surface area contributed by atoms with Crippen LogP contribution in [0.3, 0.4) is 0 Å². The van der Waals surface area contributed by atoms with Crippen LogP contribution in [0.4, 0.5) is 17.1 Å². The lowest BCUT2D eigenvalue weighted by Gasteiger charge is -2.11. The summed E-state index contributed by atoms with van der Waals surface area (Å²) >= 11 is 6.84. The van der Waals surface area contributed by atoms with Gasteiger partial charge in [0.2, 0.25) is 0 Å². The topological polar surface area (TPSA) is 291 Å². The van der Waals surface area contributed by atoms with Crippen LogP contribution in [0.1, 0.15) is 70.7 Å². The lowest BCUT2D eigenvalue weighted by atomic mass is 9.80. The van der Waals surface area contributed by atoms with Gasteiger partial charge in [-0.25, -0.2) is 0 Å². The molecule has 0 fully saturated rings. The van der Waals surface area contributed by atoms with Crippen LogP contribution in [0.15, 0.2) is 239 Å². The monoisotopic (exact) mass is 1760 g/mol. The van der Waals surface area contributed by atoms with Gasteiger partial charge in [0.25, 0.3) is 11.4 Å². The lowest BCUT2D eigenvalue weighted by Crippen LogP contribution is -2.29. The van der Waals surface area contributed by atoms with Crippen LogP contribution in [-0.2, 0) is 0 Å². The molecule has 0 amide bonds. The number of halogens is 3. The lowest BCUT2D eigenvalue weighted by molar-refractivity contribution is -0.385. The Hall–Kier alpha value is -11.1. The van der Waals surface area contributed by atoms with Gasteiger partial charge in [-0.2, -0.15) is 14.4 Å². The van der Waals surface area contributed by atoms with Crippen molar-refractivity contribution in [3.05, 3.63) is 260 Å². The van der Waals surface area contributed by atoms with Crippen LogP contribution >= 0.6 is 55.8 Å². The number of ether oxygens (including phenoxy) is 5. The summed E-state index contributed by atoms with van der Waals surface area (Å²) in [6.07, 6.45) is 0. The van der Waals surface area contributed by atoms with Crippen LogP contribution in [0, 0.1) is 49.8 Å². The van der Waals surface area contributed by atoms with Gasteiger partial charge in [-0.15, -0.1) is 54.6 Å². The molecule has 0 aliphatic carbocycles. The SMILES string of the molecule is CC(C)COc1ccc(-c2ccc(-c3ccc(OCC(C)C)cc3)c3nn(-c4ccc(N)cc4)nc23)cc1.CC(C)COc1ccc(-c2ccc(-c3ccc(OCC(C)C)cc3)c3nn(-c4ccc([N+](=O)[O-])cc4)nc23)cc1.CC(C)COc1ccc(B(O)O)cc1.I.O=[N+]([O-])c1ccc(-n2nc3c(Br)ccc(Br)c3n2)cc1.[HH]. The molecule has 0 spiro atoms. The molecule has 14 aromatic rings. The second-order valence-corrected chi connectivity index (χ2v) is 30.3. The summed E-state index contributed by atoms with van der Waals surface area (Å²) in [6, 6.07) is 71.0. The van der Waals surface area contributed by atoms with E-state index in [0.717, 1.165) is 121 Å². The molecule has 584 valence electrons. The minimum atomic E-state index is -1.41. The fraction of sp³-hybridized carbons (Fsp3) is 0.233. The summed E-state index contributed by atoms with van der Waals surface area (Å²) < 4.78 is 30.6. The fourth-order valence-corrected chi connectivity index (χ4v) is 12.0. The van der Waals surface area contributed by atoms with Crippen LogP contribution < -0.4 is 34.9 Å². The molecular formula is C86H90BBr2IN12O11. The van der Waals surface area contributed by atoms with E-state index in [1.54, 1.807) is 53.3 Å². The Morgan fingerprint density at radius 3 is 0.796 bits per heavy atom. The standard InChI is InChI=1S/C32H32N4O4.C32H34N4O2.C12H6Br2N4O2.C10H15BO3.HI.H2/c1-21(2)19-39-27-13-5-23(6-14-27)29-17-18-30(24-7-15-28(16-8-24)40-20-22(3)4)32-31(29)33-35(34-32)25-9-11-26(12-10-25)36(37)38;1-21(2)19-37-27-13-5-23(6-14-27)29-17-18-30(24-7-15-28(16-8-24)38-20-22(3)4)32-31(29)34-36(35-32)26-11-9-25(33)10-12-26;13-9-5-6-10(14)12-11(9)15-17(16-12)7-1-3-8(4-2-7)18(19)20;1-8(2)7-14-10-5-3-9(4-6-10)11(12)13;;/h5-18,21-22H,19-20H2,1-4H3;5-18,21-22H,19-20,33H2,1-4H3;1-6H;3-6,8,12-13H,7H2,1-2H3;2*1H. The van der Waals surface area contributed by atoms with Crippen molar-refractivity contribution in [2.75, 3.05) is 38.8 Å². The van der Waals surface area contributed by atoms with Gasteiger partial charge >= 0.3 is 7.12 Å². The van der Waals surface area contributed by atoms with Gasteiger partial charge in [0.15, 0.2) is 0 Å². The number of rotatable bonds is 25. The molecule has 27 heteroatoms. The molecule has 113 heavy (non-hydrogen) atoms. The number of non-ortho nitro benzene ring substituents is 2. The highest BCUT2D eigenvalue weighted by molar-refractivity contribution is 14.0. The minimum Gasteiger partial charge on any atom is -0.493 e. The number of hydrogen-bond acceptors (Lipinski definition) is 18. The number of nitrogens with zero attached hydrogens (tertiary/aromatic N) is 11. The van der Waals surface area contributed by atoms with Gasteiger partial charge in [-0.05, 0) is 210 Å². The quantitative estimate of drug-likeness (QED) is 0.0157. The predicted molar refractivity (Wildman–Crippen MR) is 467 cm³/mol. The molecule has 0 aliphatic heterocycles. The van der Waals surface area contributed by atoms with Gasteiger partial charge < -0.3 is 39.5 Å². The number of nitro groups is 2. The van der Waals surface area contributed by atoms with Gasteiger partial charge in [-0.3, -0.25) is 20.2 Å². The summed E-state index contributed by atoms with van der Waals surface area (Å²) in [4.78, 5) is 25.6. The zero-order valence-electron chi connectivity index (χ0n) is 64.2. The number of aromatic nitrogens is 9. The first-order valence-corrected chi connectivity index (χ1v) is 38.3. The fourth-order valence-electron chi connectivity index (χ4n) is 11.2. The summed E-state index contributed by atoms with van der Waals surface area (Å²) in [5, 5.41) is 67.8. The number of hydrogen-bond donors (Lipinski definition) is 3. The Kier molecular flexibility index (Phi) is 29.4. The maximum absolute atomic E-state index is 11.1. The largest absolute Gasteiger partial charge is 0.493 e. The highest BCUT2D eigenvalue weighted by Crippen LogP contribution is 2.39. The van der Waals surface area contributed by atoms with E-state index in [4.69, 9.17) is 59.9 Å². The molecule has 3 aromatic heterocycles. The van der Waals surface area contributed by atoms with Crippen molar-refractivity contribution < 1.29 is 45.0 Å². The molecule has 0 aliphatic rings. The van der Waals surface area contributed by atoms with Gasteiger partial charge in [0, 0.05) is 62.6 Å². The Labute approximate surface area is 691 Å². The number of nitrogen functional groups attached to an aromatic ring is 1. The van der Waals surface area contributed by atoms with E-state index in [9.17, 15) is 20.2 Å². The molecule has 0 atom stereocenters. The Balaban J connectivity index is 0.000000186. The first-order valence-electron chi connectivity index (χ1n) is 36.7. The minimum absolute atomic E-state index is 0. The highest BCUT2D eigenvalue weighted by Gasteiger charge is 2.21. The predicted octanol–water partition coefficient (Wildman–Crippen LogP) is 20.3. The van der Waals surface area contributed by atoms with Crippen molar-refractivity contribution in [2.45, 2.75) is 69.2 Å². The van der Waals surface area contributed by atoms with Gasteiger partial charge in [-0.1, -0.05) is 154 Å². The summed E-state index contributed by atoms with van der Waals surface area (Å²) in [5.74, 6) is 6.43. The maximum atomic E-state index is 11.1. The molecule has 0 unspecified atom stereocenters. The molecule has 23 nitrogen and oxygen atoms in total. The van der Waals surface area contributed by atoms with Crippen molar-refractivity contribution in [3.8, 4) is 90.3 Å². The van der Waals surface area contributed by atoms with E-state index in [1.165, 1.54) is 33.9 Å². The van der Waals surface area contributed by atoms with E-state index < -0.39 is 17.0 Å².